The first-order valence-corrected chi connectivity index (χ1v) is 9.03. The Morgan fingerprint density at radius 1 is 1.40 bits per heavy atom. The van der Waals surface area contributed by atoms with Crippen molar-refractivity contribution in [1.82, 2.24) is 15.5 Å². The molecule has 1 aliphatic rings. The van der Waals surface area contributed by atoms with Crippen molar-refractivity contribution in [3.63, 3.8) is 0 Å². The first-order valence-electron chi connectivity index (χ1n) is 8.22. The van der Waals surface area contributed by atoms with Crippen molar-refractivity contribution >= 4 is 29.7 Å². The van der Waals surface area contributed by atoms with Crippen LogP contribution in [0, 0.1) is 6.92 Å². The molecule has 0 aromatic carbocycles. The van der Waals surface area contributed by atoms with Gasteiger partial charge < -0.3 is 10.6 Å². The molecule has 25 heavy (non-hydrogen) atoms. The SMILES string of the molecule is CCCc1cc(C(=O)NCC(N2CCNCC2)C(F)(F)F)sc1C.Cl. The van der Waals surface area contributed by atoms with Crippen LogP contribution in [0.2, 0.25) is 0 Å². The molecule has 1 aromatic heterocycles. The lowest BCUT2D eigenvalue weighted by atomic mass is 10.1. The fraction of sp³-hybridized carbons (Fsp3) is 0.688. The van der Waals surface area contributed by atoms with E-state index in [1.807, 2.05) is 6.92 Å². The zero-order chi connectivity index (χ0) is 17.7. The normalized spacial score (nSPS) is 17.0. The number of piperazine rings is 1. The molecule has 144 valence electrons. The van der Waals surface area contributed by atoms with Gasteiger partial charge in [-0.05, 0) is 25.0 Å². The lowest BCUT2D eigenvalue weighted by molar-refractivity contribution is -0.183. The topological polar surface area (TPSA) is 44.4 Å². The van der Waals surface area contributed by atoms with E-state index in [9.17, 15) is 18.0 Å². The first kappa shape index (κ1) is 22.2. The predicted octanol–water partition coefficient (Wildman–Crippen LogP) is 3.00. The van der Waals surface area contributed by atoms with E-state index in [1.165, 1.54) is 16.2 Å². The Kier molecular flexibility index (Phi) is 8.67. The van der Waals surface area contributed by atoms with Gasteiger partial charge in [0, 0.05) is 37.6 Å². The van der Waals surface area contributed by atoms with E-state index in [1.54, 1.807) is 6.07 Å². The van der Waals surface area contributed by atoms with Gasteiger partial charge in [0.25, 0.3) is 5.91 Å². The fourth-order valence-corrected chi connectivity index (χ4v) is 3.86. The Morgan fingerprint density at radius 2 is 2.04 bits per heavy atom. The number of rotatable bonds is 6. The van der Waals surface area contributed by atoms with E-state index in [4.69, 9.17) is 0 Å². The summed E-state index contributed by atoms with van der Waals surface area (Å²) in [5.41, 5.74) is 1.10. The smallest absolute Gasteiger partial charge is 0.349 e. The summed E-state index contributed by atoms with van der Waals surface area (Å²) in [4.78, 5) is 15.2. The molecule has 1 aliphatic heterocycles. The summed E-state index contributed by atoms with van der Waals surface area (Å²) in [6.45, 7) is 5.31. The van der Waals surface area contributed by atoms with Crippen LogP contribution < -0.4 is 10.6 Å². The van der Waals surface area contributed by atoms with Crippen LogP contribution in [0.5, 0.6) is 0 Å². The van der Waals surface area contributed by atoms with Gasteiger partial charge in [0.05, 0.1) is 4.88 Å². The van der Waals surface area contributed by atoms with Crippen LogP contribution >= 0.6 is 23.7 Å². The van der Waals surface area contributed by atoms with Gasteiger partial charge in [0.1, 0.15) is 6.04 Å². The highest BCUT2D eigenvalue weighted by Gasteiger charge is 2.43. The van der Waals surface area contributed by atoms with Gasteiger partial charge in [0.2, 0.25) is 0 Å². The van der Waals surface area contributed by atoms with Crippen molar-refractivity contribution in [3.05, 3.63) is 21.4 Å². The maximum Gasteiger partial charge on any atom is 0.405 e. The molecule has 0 saturated carbocycles. The Hall–Kier alpha value is -0.830. The summed E-state index contributed by atoms with van der Waals surface area (Å²) in [5, 5.41) is 5.51. The van der Waals surface area contributed by atoms with Gasteiger partial charge in [-0.15, -0.1) is 23.7 Å². The predicted molar refractivity (Wildman–Crippen MR) is 96.9 cm³/mol. The molecule has 0 bridgehead atoms. The number of hydrogen-bond donors (Lipinski definition) is 2. The number of amides is 1. The second-order valence-electron chi connectivity index (χ2n) is 6.00. The van der Waals surface area contributed by atoms with Gasteiger partial charge in [-0.3, -0.25) is 9.69 Å². The monoisotopic (exact) mass is 399 g/mol. The van der Waals surface area contributed by atoms with Crippen LogP contribution in [0.3, 0.4) is 0 Å². The number of nitrogens with one attached hydrogen (secondary N) is 2. The number of nitrogens with zero attached hydrogens (tertiary/aromatic N) is 1. The highest BCUT2D eigenvalue weighted by molar-refractivity contribution is 7.14. The van der Waals surface area contributed by atoms with Crippen molar-refractivity contribution in [2.75, 3.05) is 32.7 Å². The molecule has 2 N–H and O–H groups in total. The Labute approximate surface area is 156 Å². The third-order valence-electron chi connectivity index (χ3n) is 4.19. The van der Waals surface area contributed by atoms with Gasteiger partial charge >= 0.3 is 6.18 Å². The van der Waals surface area contributed by atoms with Gasteiger partial charge in [-0.1, -0.05) is 13.3 Å². The van der Waals surface area contributed by atoms with E-state index < -0.39 is 24.7 Å². The van der Waals surface area contributed by atoms with Crippen LogP contribution in [0.4, 0.5) is 13.2 Å². The molecule has 1 unspecified atom stereocenters. The van der Waals surface area contributed by atoms with Crippen molar-refractivity contribution < 1.29 is 18.0 Å². The maximum absolute atomic E-state index is 13.3. The zero-order valence-electron chi connectivity index (χ0n) is 14.4. The number of carbonyl (C=O) groups is 1. The summed E-state index contributed by atoms with van der Waals surface area (Å²) in [6.07, 6.45) is -2.51. The molecule has 2 heterocycles. The van der Waals surface area contributed by atoms with E-state index in [0.717, 1.165) is 23.3 Å². The molecular weight excluding hydrogens is 375 g/mol. The quantitative estimate of drug-likeness (QED) is 0.773. The molecule has 1 saturated heterocycles. The average molecular weight is 400 g/mol. The average Bonchev–Trinajstić information content (AvgIpc) is 2.89. The van der Waals surface area contributed by atoms with Crippen LogP contribution in [0.15, 0.2) is 6.07 Å². The second-order valence-corrected chi connectivity index (χ2v) is 7.25. The Bertz CT molecular complexity index is 559. The number of thiophene rings is 1. The van der Waals surface area contributed by atoms with Crippen LogP contribution in [-0.2, 0) is 6.42 Å². The lowest BCUT2D eigenvalue weighted by Crippen LogP contribution is -2.57. The fourth-order valence-electron chi connectivity index (χ4n) is 2.87. The molecular formula is C16H25ClF3N3OS. The van der Waals surface area contributed by atoms with E-state index >= 15 is 0 Å². The minimum Gasteiger partial charge on any atom is -0.349 e. The largest absolute Gasteiger partial charge is 0.405 e. The molecule has 1 atom stereocenters. The molecule has 0 spiro atoms. The summed E-state index contributed by atoms with van der Waals surface area (Å²) in [6, 6.07) is 0.159. The Balaban J connectivity index is 0.00000312. The van der Waals surface area contributed by atoms with Crippen LogP contribution in [0.1, 0.15) is 33.5 Å². The van der Waals surface area contributed by atoms with E-state index in [2.05, 4.69) is 17.6 Å². The minimum atomic E-state index is -4.36. The Morgan fingerprint density at radius 3 is 2.60 bits per heavy atom. The lowest BCUT2D eigenvalue weighted by Gasteiger charge is -2.35. The second kappa shape index (κ2) is 9.75. The molecule has 1 aromatic rings. The summed E-state index contributed by atoms with van der Waals surface area (Å²) in [5.74, 6) is -0.421. The van der Waals surface area contributed by atoms with Gasteiger partial charge in [-0.2, -0.15) is 13.2 Å². The molecule has 1 amide bonds. The van der Waals surface area contributed by atoms with Gasteiger partial charge in [-0.25, -0.2) is 0 Å². The molecule has 1 fully saturated rings. The van der Waals surface area contributed by atoms with Crippen molar-refractivity contribution in [1.29, 1.82) is 0 Å². The molecule has 4 nitrogen and oxygen atoms in total. The highest BCUT2D eigenvalue weighted by atomic mass is 35.5. The molecule has 9 heteroatoms. The maximum atomic E-state index is 13.3. The summed E-state index contributed by atoms with van der Waals surface area (Å²) in [7, 11) is 0. The molecule has 2 rings (SSSR count). The molecule has 0 aliphatic carbocycles. The van der Waals surface area contributed by atoms with Crippen molar-refractivity contribution in [2.45, 2.75) is 38.9 Å². The van der Waals surface area contributed by atoms with E-state index in [-0.39, 0.29) is 12.4 Å². The minimum absolute atomic E-state index is 0. The molecule has 0 radical (unpaired) electrons. The number of halogens is 4. The zero-order valence-corrected chi connectivity index (χ0v) is 16.0. The summed E-state index contributed by atoms with van der Waals surface area (Å²) >= 11 is 1.34. The highest BCUT2D eigenvalue weighted by Crippen LogP contribution is 2.26. The first-order chi connectivity index (χ1) is 11.3. The number of hydrogen-bond acceptors (Lipinski definition) is 4. The third-order valence-corrected chi connectivity index (χ3v) is 5.28. The standard InChI is InChI=1S/C16H24F3N3OS.ClH/c1-3-4-12-9-13(24-11(12)2)15(23)21-10-14(16(17,18)19)22-7-5-20-6-8-22;/h9,14,20H,3-8,10H2,1-2H3,(H,21,23);1H. The number of aryl methyl sites for hydroxylation is 2. The van der Waals surface area contributed by atoms with E-state index in [0.29, 0.717) is 31.1 Å². The van der Waals surface area contributed by atoms with Crippen molar-refractivity contribution in [2.24, 2.45) is 0 Å². The van der Waals surface area contributed by atoms with Crippen LogP contribution in [-0.4, -0.2) is 55.7 Å². The summed E-state index contributed by atoms with van der Waals surface area (Å²) < 4.78 is 39.9. The van der Waals surface area contributed by atoms with Crippen LogP contribution in [0.25, 0.3) is 0 Å². The van der Waals surface area contributed by atoms with Gasteiger partial charge in [0.15, 0.2) is 0 Å². The van der Waals surface area contributed by atoms with Crippen molar-refractivity contribution in [3.8, 4) is 0 Å². The number of carbonyl (C=O) groups excluding carboxylic acids is 1. The number of alkyl halides is 3. The third kappa shape index (κ3) is 6.13.